The molecule has 7 heteroatoms. The Hall–Kier alpha value is -1.75. The molecular weight excluding hydrogens is 431 g/mol. The topological polar surface area (TPSA) is 49.4 Å². The largest absolute Gasteiger partial charge is 0.354 e. The zero-order chi connectivity index (χ0) is 21.6. The lowest BCUT2D eigenvalue weighted by Gasteiger charge is -2.30. The number of rotatable bonds is 8. The highest BCUT2D eigenvalue weighted by molar-refractivity contribution is 6.36. The van der Waals surface area contributed by atoms with Crippen LogP contribution in [0.15, 0.2) is 42.5 Å². The van der Waals surface area contributed by atoms with Crippen molar-refractivity contribution >= 4 is 46.6 Å². The van der Waals surface area contributed by atoms with Crippen molar-refractivity contribution in [1.29, 1.82) is 0 Å². The average Bonchev–Trinajstić information content (AvgIpc) is 2.67. The lowest BCUT2D eigenvalue weighted by atomic mass is 10.1. The maximum absolute atomic E-state index is 13.2. The van der Waals surface area contributed by atoms with Gasteiger partial charge in [0.25, 0.3) is 0 Å². The second-order valence-corrected chi connectivity index (χ2v) is 8.53. The fraction of sp³-hybridized carbons (Fsp3) is 0.364. The van der Waals surface area contributed by atoms with Gasteiger partial charge in [-0.15, -0.1) is 0 Å². The van der Waals surface area contributed by atoms with E-state index in [2.05, 4.69) is 5.32 Å². The standard InChI is InChI=1S/C22H25Cl3N2O2/c1-14(2)12-26-22(29)15(3)27(13-17-19(24)9-6-10-20(17)25)21(28)11-16-7-4-5-8-18(16)23/h4-10,14-15H,11-13H2,1-3H3,(H,26,29)/t15-/m1/s1. The van der Waals surface area contributed by atoms with Gasteiger partial charge in [0.05, 0.1) is 6.42 Å². The molecule has 0 aliphatic heterocycles. The Labute approximate surface area is 187 Å². The van der Waals surface area contributed by atoms with Crippen molar-refractivity contribution in [3.8, 4) is 0 Å². The van der Waals surface area contributed by atoms with Gasteiger partial charge in [-0.1, -0.05) is 72.9 Å². The molecule has 2 aromatic rings. The summed E-state index contributed by atoms with van der Waals surface area (Å²) >= 11 is 18.8. The summed E-state index contributed by atoms with van der Waals surface area (Å²) in [5.41, 5.74) is 1.30. The Morgan fingerprint density at radius 2 is 1.52 bits per heavy atom. The van der Waals surface area contributed by atoms with Crippen LogP contribution in [0.5, 0.6) is 0 Å². The molecule has 0 aromatic heterocycles. The molecule has 156 valence electrons. The maximum Gasteiger partial charge on any atom is 0.242 e. The molecule has 0 aliphatic carbocycles. The Morgan fingerprint density at radius 3 is 2.10 bits per heavy atom. The molecule has 0 heterocycles. The van der Waals surface area contributed by atoms with Gasteiger partial charge >= 0.3 is 0 Å². The monoisotopic (exact) mass is 454 g/mol. The van der Waals surface area contributed by atoms with E-state index in [1.807, 2.05) is 19.9 Å². The molecular formula is C22H25Cl3N2O2. The summed E-state index contributed by atoms with van der Waals surface area (Å²) in [7, 11) is 0. The molecule has 0 bridgehead atoms. The number of hydrogen-bond acceptors (Lipinski definition) is 2. The molecule has 29 heavy (non-hydrogen) atoms. The van der Waals surface area contributed by atoms with Gasteiger partial charge < -0.3 is 10.2 Å². The van der Waals surface area contributed by atoms with Crippen molar-refractivity contribution in [2.75, 3.05) is 6.54 Å². The number of carbonyl (C=O) groups excluding carboxylic acids is 2. The van der Waals surface area contributed by atoms with Crippen LogP contribution in [0.3, 0.4) is 0 Å². The van der Waals surface area contributed by atoms with Crippen molar-refractivity contribution in [3.05, 3.63) is 68.7 Å². The lowest BCUT2D eigenvalue weighted by molar-refractivity contribution is -0.140. The van der Waals surface area contributed by atoms with Gasteiger partial charge in [0, 0.05) is 33.7 Å². The van der Waals surface area contributed by atoms with Gasteiger partial charge in [0.2, 0.25) is 11.8 Å². The first-order valence-electron chi connectivity index (χ1n) is 9.44. The van der Waals surface area contributed by atoms with E-state index >= 15 is 0 Å². The van der Waals surface area contributed by atoms with Crippen molar-refractivity contribution in [1.82, 2.24) is 10.2 Å². The Bertz CT molecular complexity index is 851. The summed E-state index contributed by atoms with van der Waals surface area (Å²) in [6.07, 6.45) is 0.0730. The molecule has 0 radical (unpaired) electrons. The SMILES string of the molecule is CC(C)CNC(=O)[C@@H](C)N(Cc1c(Cl)cccc1Cl)C(=O)Cc1ccccc1Cl. The summed E-state index contributed by atoms with van der Waals surface area (Å²) in [6, 6.07) is 11.6. The van der Waals surface area contributed by atoms with E-state index in [-0.39, 0.29) is 24.8 Å². The third-order valence-corrected chi connectivity index (χ3v) is 5.62. The Balaban J connectivity index is 2.30. The molecule has 2 aromatic carbocycles. The predicted octanol–water partition coefficient (Wildman–Crippen LogP) is 5.38. The Morgan fingerprint density at radius 1 is 0.931 bits per heavy atom. The zero-order valence-corrected chi connectivity index (χ0v) is 19.0. The third kappa shape index (κ3) is 6.63. The lowest BCUT2D eigenvalue weighted by Crippen LogP contribution is -2.48. The van der Waals surface area contributed by atoms with Crippen LogP contribution in [0.4, 0.5) is 0 Å². The van der Waals surface area contributed by atoms with Gasteiger partial charge in [-0.3, -0.25) is 9.59 Å². The normalized spacial score (nSPS) is 12.0. The van der Waals surface area contributed by atoms with Crippen LogP contribution >= 0.6 is 34.8 Å². The van der Waals surface area contributed by atoms with E-state index in [0.717, 1.165) is 0 Å². The van der Waals surface area contributed by atoms with Crippen LogP contribution in [0.2, 0.25) is 15.1 Å². The minimum absolute atomic E-state index is 0.0730. The van der Waals surface area contributed by atoms with Crippen LogP contribution in [0, 0.1) is 5.92 Å². The highest BCUT2D eigenvalue weighted by Gasteiger charge is 2.27. The quantitative estimate of drug-likeness (QED) is 0.581. The van der Waals surface area contributed by atoms with Crippen LogP contribution in [-0.2, 0) is 22.6 Å². The summed E-state index contributed by atoms with van der Waals surface area (Å²) in [5.74, 6) is -0.160. The van der Waals surface area contributed by atoms with Crippen LogP contribution in [-0.4, -0.2) is 29.3 Å². The highest BCUT2D eigenvalue weighted by Crippen LogP contribution is 2.27. The highest BCUT2D eigenvalue weighted by atomic mass is 35.5. The van der Waals surface area contributed by atoms with E-state index in [1.165, 1.54) is 4.90 Å². The van der Waals surface area contributed by atoms with Crippen molar-refractivity contribution in [2.45, 2.75) is 39.8 Å². The molecule has 2 rings (SSSR count). The number of nitrogens with zero attached hydrogens (tertiary/aromatic N) is 1. The van der Waals surface area contributed by atoms with Gasteiger partial charge in [0.1, 0.15) is 6.04 Å². The van der Waals surface area contributed by atoms with Crippen molar-refractivity contribution < 1.29 is 9.59 Å². The molecule has 1 N–H and O–H groups in total. The van der Waals surface area contributed by atoms with Gasteiger partial charge in [0.15, 0.2) is 0 Å². The van der Waals surface area contributed by atoms with Crippen molar-refractivity contribution in [2.24, 2.45) is 5.92 Å². The van der Waals surface area contributed by atoms with Crippen molar-refractivity contribution in [3.63, 3.8) is 0 Å². The smallest absolute Gasteiger partial charge is 0.242 e. The molecule has 0 fully saturated rings. The zero-order valence-electron chi connectivity index (χ0n) is 16.7. The second kappa shape index (κ2) is 10.9. The van der Waals surface area contributed by atoms with Gasteiger partial charge in [-0.05, 0) is 36.6 Å². The molecule has 1 atom stereocenters. The van der Waals surface area contributed by atoms with E-state index < -0.39 is 6.04 Å². The first-order valence-corrected chi connectivity index (χ1v) is 10.6. The van der Waals surface area contributed by atoms with E-state index in [4.69, 9.17) is 34.8 Å². The number of carbonyl (C=O) groups is 2. The summed E-state index contributed by atoms with van der Waals surface area (Å²) in [4.78, 5) is 27.3. The van der Waals surface area contributed by atoms with E-state index in [1.54, 1.807) is 43.3 Å². The number of benzene rings is 2. The summed E-state index contributed by atoms with van der Waals surface area (Å²) < 4.78 is 0. The molecule has 2 amide bonds. The first-order chi connectivity index (χ1) is 13.7. The number of amides is 2. The fourth-order valence-corrected chi connectivity index (χ4v) is 3.51. The molecule has 0 saturated carbocycles. The first kappa shape index (κ1) is 23.5. The minimum Gasteiger partial charge on any atom is -0.354 e. The van der Waals surface area contributed by atoms with Crippen LogP contribution in [0.1, 0.15) is 31.9 Å². The van der Waals surface area contributed by atoms with E-state index in [0.29, 0.717) is 38.7 Å². The Kier molecular flexibility index (Phi) is 8.81. The van der Waals surface area contributed by atoms with Crippen LogP contribution in [0.25, 0.3) is 0 Å². The third-order valence-electron chi connectivity index (χ3n) is 4.54. The van der Waals surface area contributed by atoms with Gasteiger partial charge in [-0.25, -0.2) is 0 Å². The number of nitrogens with one attached hydrogen (secondary N) is 1. The molecule has 4 nitrogen and oxygen atoms in total. The second-order valence-electron chi connectivity index (χ2n) is 7.31. The predicted molar refractivity (Wildman–Crippen MR) is 119 cm³/mol. The minimum atomic E-state index is -0.698. The average molecular weight is 456 g/mol. The number of hydrogen-bond donors (Lipinski definition) is 1. The molecule has 0 unspecified atom stereocenters. The molecule has 0 aliphatic rings. The molecule has 0 spiro atoms. The molecule has 0 saturated heterocycles. The fourth-order valence-electron chi connectivity index (χ4n) is 2.80. The number of halogens is 3. The summed E-state index contributed by atoms with van der Waals surface area (Å²) in [5, 5.41) is 4.28. The van der Waals surface area contributed by atoms with E-state index in [9.17, 15) is 9.59 Å². The van der Waals surface area contributed by atoms with Crippen LogP contribution < -0.4 is 5.32 Å². The summed E-state index contributed by atoms with van der Waals surface area (Å²) in [6.45, 7) is 6.37. The maximum atomic E-state index is 13.2. The van der Waals surface area contributed by atoms with Gasteiger partial charge in [-0.2, -0.15) is 0 Å².